The quantitative estimate of drug-likeness (QED) is 0.412. The lowest BCUT2D eigenvalue weighted by Gasteiger charge is -2.45. The molecule has 244 valence electrons. The van der Waals surface area contributed by atoms with Crippen molar-refractivity contribution in [3.63, 3.8) is 0 Å². The summed E-state index contributed by atoms with van der Waals surface area (Å²) in [5.41, 5.74) is 3.26. The Bertz CT molecular complexity index is 1560. The minimum absolute atomic E-state index is 0.102. The standard InChI is InChI=1S/C35H45ClN2O6S/c1-22-6-4-8-31(39)28-12-9-26(28)19-38-20-35(15-5-7-24-17-27(36)11-13-29(24)35)21-44-32-14-10-25(18-30(32)38)34(40)37-45(41,42)33(22)16-23(2)43-3/h4,8,10-11,13-14,17-18,22-23,26,28,31,33,39H,5-7,9,12,15-16,19-21H2,1-3H3,(H,37,40)/b8-4+/t22?,23-,26+,28-,31?,33-,35+/m1/s1. The predicted molar refractivity (Wildman–Crippen MR) is 177 cm³/mol. The molecule has 0 radical (unpaired) electrons. The number of sulfonamides is 1. The molecule has 4 aliphatic rings. The third-order valence-corrected chi connectivity index (χ3v) is 12.9. The van der Waals surface area contributed by atoms with E-state index in [0.29, 0.717) is 31.9 Å². The van der Waals surface area contributed by atoms with Crippen molar-refractivity contribution >= 4 is 33.2 Å². The Labute approximate surface area is 272 Å². The molecular weight excluding hydrogens is 612 g/mol. The van der Waals surface area contributed by atoms with Crippen molar-refractivity contribution < 1.29 is 27.8 Å². The molecule has 8 nitrogen and oxygen atoms in total. The smallest absolute Gasteiger partial charge is 0.264 e. The van der Waals surface area contributed by atoms with Crippen molar-refractivity contribution in [2.45, 2.75) is 81.7 Å². The van der Waals surface area contributed by atoms with E-state index < -0.39 is 27.3 Å². The van der Waals surface area contributed by atoms with E-state index in [1.54, 1.807) is 25.3 Å². The number of nitrogens with zero attached hydrogens (tertiary/aromatic N) is 1. The molecule has 0 aromatic heterocycles. The summed E-state index contributed by atoms with van der Waals surface area (Å²) in [6.45, 7) is 5.57. The van der Waals surface area contributed by atoms with Crippen LogP contribution in [0.1, 0.15) is 73.9 Å². The van der Waals surface area contributed by atoms with Crippen molar-refractivity contribution in [3.8, 4) is 5.75 Å². The number of halogens is 1. The van der Waals surface area contributed by atoms with E-state index in [-0.39, 0.29) is 41.3 Å². The number of hydrogen-bond donors (Lipinski definition) is 2. The van der Waals surface area contributed by atoms with Gasteiger partial charge in [-0.15, -0.1) is 0 Å². The molecule has 6 rings (SSSR count). The lowest BCUT2D eigenvalue weighted by molar-refractivity contribution is 0.0455. The topological polar surface area (TPSA) is 105 Å². The van der Waals surface area contributed by atoms with Crippen LogP contribution in [-0.2, 0) is 26.6 Å². The highest BCUT2D eigenvalue weighted by Crippen LogP contribution is 2.46. The van der Waals surface area contributed by atoms with Gasteiger partial charge in [0.2, 0.25) is 10.0 Å². The second-order valence-corrected chi connectivity index (χ2v) is 16.1. The first kappa shape index (κ1) is 32.4. The number of fused-ring (bicyclic) bond motifs is 4. The summed E-state index contributed by atoms with van der Waals surface area (Å²) in [6, 6.07) is 11.4. The minimum Gasteiger partial charge on any atom is -0.490 e. The summed E-state index contributed by atoms with van der Waals surface area (Å²) in [7, 11) is -2.51. The number of allylic oxidation sites excluding steroid dienone is 1. The van der Waals surface area contributed by atoms with Gasteiger partial charge in [-0.1, -0.05) is 36.7 Å². The highest BCUT2D eigenvalue weighted by atomic mass is 35.5. The monoisotopic (exact) mass is 656 g/mol. The van der Waals surface area contributed by atoms with Gasteiger partial charge in [-0.25, -0.2) is 13.1 Å². The molecule has 7 atom stereocenters. The second-order valence-electron chi connectivity index (χ2n) is 13.7. The lowest BCUT2D eigenvalue weighted by Crippen LogP contribution is -2.49. The van der Waals surface area contributed by atoms with Gasteiger partial charge in [-0.3, -0.25) is 4.79 Å². The Morgan fingerprint density at radius 1 is 1.22 bits per heavy atom. The average Bonchev–Trinajstić information content (AvgIpc) is 3.13. The van der Waals surface area contributed by atoms with Gasteiger partial charge in [0.05, 0.1) is 29.8 Å². The SMILES string of the molecule is CO[C@H](C)C[C@@H]1C(C)C/C=C/C(O)[C@@H]2CC[C@H]2CN2C[C@@]3(CCCc4cc(Cl)ccc43)COc3ccc(cc32)C(=O)NS1(=O)=O. The van der Waals surface area contributed by atoms with E-state index >= 15 is 0 Å². The van der Waals surface area contributed by atoms with Crippen molar-refractivity contribution in [2.75, 3.05) is 31.7 Å². The molecule has 2 bridgehead atoms. The minimum atomic E-state index is -4.06. The van der Waals surface area contributed by atoms with Crippen molar-refractivity contribution in [3.05, 3.63) is 70.3 Å². The van der Waals surface area contributed by atoms with Crippen LogP contribution in [0.4, 0.5) is 5.69 Å². The molecule has 2 aromatic rings. The molecule has 1 saturated carbocycles. The Morgan fingerprint density at radius 2 is 2.04 bits per heavy atom. The Balaban J connectivity index is 1.41. The first-order chi connectivity index (χ1) is 21.5. The summed E-state index contributed by atoms with van der Waals surface area (Å²) in [5, 5.41) is 11.1. The highest BCUT2D eigenvalue weighted by molar-refractivity contribution is 7.90. The predicted octanol–water partition coefficient (Wildman–Crippen LogP) is 5.65. The maximum Gasteiger partial charge on any atom is 0.264 e. The van der Waals surface area contributed by atoms with Crippen LogP contribution in [0.5, 0.6) is 5.75 Å². The van der Waals surface area contributed by atoms with Gasteiger partial charge >= 0.3 is 0 Å². The number of hydrogen-bond acceptors (Lipinski definition) is 7. The second kappa shape index (κ2) is 12.9. The van der Waals surface area contributed by atoms with Crippen LogP contribution in [-0.4, -0.2) is 63.7 Å². The largest absolute Gasteiger partial charge is 0.490 e. The third-order valence-electron chi connectivity index (χ3n) is 10.7. The van der Waals surface area contributed by atoms with Crippen molar-refractivity contribution in [1.29, 1.82) is 0 Å². The van der Waals surface area contributed by atoms with E-state index in [9.17, 15) is 18.3 Å². The van der Waals surface area contributed by atoms with Gasteiger partial charge in [0.25, 0.3) is 5.91 Å². The fraction of sp³-hybridized carbons (Fsp3) is 0.571. The van der Waals surface area contributed by atoms with Gasteiger partial charge in [0.1, 0.15) is 5.75 Å². The van der Waals surface area contributed by atoms with Crippen LogP contribution in [0.25, 0.3) is 0 Å². The molecule has 2 unspecified atom stereocenters. The molecule has 2 heterocycles. The zero-order valence-electron chi connectivity index (χ0n) is 26.4. The number of amides is 1. The number of rotatable bonds is 3. The first-order valence-electron chi connectivity index (χ1n) is 16.2. The van der Waals surface area contributed by atoms with Crippen LogP contribution < -0.4 is 14.4 Å². The summed E-state index contributed by atoms with van der Waals surface area (Å²) in [6.07, 6.45) is 8.38. The number of benzene rings is 2. The van der Waals surface area contributed by atoms with Gasteiger partial charge < -0.3 is 19.5 Å². The van der Waals surface area contributed by atoms with Crippen LogP contribution in [0.3, 0.4) is 0 Å². The molecule has 1 fully saturated rings. The van der Waals surface area contributed by atoms with Crippen LogP contribution in [0.15, 0.2) is 48.6 Å². The summed E-state index contributed by atoms with van der Waals surface area (Å²) < 4.78 is 41.8. The van der Waals surface area contributed by atoms with Gasteiger partial charge in [0.15, 0.2) is 0 Å². The molecule has 2 N–H and O–H groups in total. The number of aliphatic hydroxyl groups is 1. The maximum absolute atomic E-state index is 13.7. The zero-order valence-corrected chi connectivity index (χ0v) is 27.9. The van der Waals surface area contributed by atoms with Crippen LogP contribution in [0.2, 0.25) is 5.02 Å². The van der Waals surface area contributed by atoms with Gasteiger partial charge in [-0.2, -0.15) is 0 Å². The highest BCUT2D eigenvalue weighted by Gasteiger charge is 2.44. The molecular formula is C35H45ClN2O6S. The van der Waals surface area contributed by atoms with E-state index in [1.807, 2.05) is 32.1 Å². The third kappa shape index (κ3) is 6.51. The number of aryl methyl sites for hydroxylation is 1. The number of carbonyl (C=O) groups is 1. The van der Waals surface area contributed by atoms with E-state index in [1.165, 1.54) is 11.1 Å². The fourth-order valence-corrected chi connectivity index (χ4v) is 9.86. The summed E-state index contributed by atoms with van der Waals surface area (Å²) >= 11 is 6.40. The van der Waals surface area contributed by atoms with Crippen molar-refractivity contribution in [1.82, 2.24) is 4.72 Å². The summed E-state index contributed by atoms with van der Waals surface area (Å²) in [5.74, 6) is 0.0766. The van der Waals surface area contributed by atoms with Gasteiger partial charge in [0, 0.05) is 36.2 Å². The van der Waals surface area contributed by atoms with E-state index in [0.717, 1.165) is 42.8 Å². The average molecular weight is 657 g/mol. The normalized spacial score (nSPS) is 32.6. The molecule has 2 aliphatic carbocycles. The van der Waals surface area contributed by atoms with Crippen LogP contribution >= 0.6 is 11.6 Å². The number of anilines is 1. The number of ether oxygens (including phenoxy) is 2. The number of carbonyl (C=O) groups excluding carboxylic acids is 1. The van der Waals surface area contributed by atoms with Crippen molar-refractivity contribution in [2.24, 2.45) is 17.8 Å². The van der Waals surface area contributed by atoms with Gasteiger partial charge in [-0.05, 0) is 111 Å². The summed E-state index contributed by atoms with van der Waals surface area (Å²) in [4.78, 5) is 15.9. The maximum atomic E-state index is 13.7. The first-order valence-corrected chi connectivity index (χ1v) is 18.2. The molecule has 10 heteroatoms. The molecule has 45 heavy (non-hydrogen) atoms. The molecule has 1 amide bonds. The molecule has 0 saturated heterocycles. The van der Waals surface area contributed by atoms with E-state index in [2.05, 4.69) is 21.8 Å². The van der Waals surface area contributed by atoms with E-state index in [4.69, 9.17) is 21.1 Å². The Morgan fingerprint density at radius 3 is 2.80 bits per heavy atom. The number of nitrogens with one attached hydrogen (secondary N) is 1. The van der Waals surface area contributed by atoms with Crippen LogP contribution in [0, 0.1) is 17.8 Å². The molecule has 1 spiro atoms. The Kier molecular flexibility index (Phi) is 9.27. The molecule has 2 aromatic carbocycles. The molecule has 2 aliphatic heterocycles. The number of methoxy groups -OCH3 is 1. The Hall–Kier alpha value is -2.59. The number of aliphatic hydroxyl groups excluding tert-OH is 1. The fourth-order valence-electron chi connectivity index (χ4n) is 7.89. The lowest BCUT2D eigenvalue weighted by atomic mass is 9.68. The zero-order chi connectivity index (χ0) is 31.9.